The van der Waals surface area contributed by atoms with Gasteiger partial charge in [0.05, 0.1) is 17.7 Å². The van der Waals surface area contributed by atoms with Gasteiger partial charge in [0.1, 0.15) is 17.7 Å². The van der Waals surface area contributed by atoms with Crippen molar-refractivity contribution in [2.45, 2.75) is 43.3 Å². The molecule has 0 radical (unpaired) electrons. The summed E-state index contributed by atoms with van der Waals surface area (Å²) in [5.74, 6) is -4.90. The van der Waals surface area contributed by atoms with Crippen LogP contribution >= 0.6 is 11.6 Å². The van der Waals surface area contributed by atoms with Gasteiger partial charge in [-0.05, 0) is 36.4 Å². The van der Waals surface area contributed by atoms with E-state index in [-0.39, 0.29) is 40.6 Å². The Labute approximate surface area is 243 Å². The second kappa shape index (κ2) is 11.7. The fourth-order valence-electron chi connectivity index (χ4n) is 5.12. The lowest BCUT2D eigenvalue weighted by Gasteiger charge is -2.38. The maximum atomic E-state index is 14.5. The molecule has 2 fully saturated rings. The Hall–Kier alpha value is -4.63. The summed E-state index contributed by atoms with van der Waals surface area (Å²) in [6, 6.07) is 12.5. The van der Waals surface area contributed by atoms with Gasteiger partial charge in [-0.2, -0.15) is 5.26 Å². The molecule has 2 aromatic carbocycles. The van der Waals surface area contributed by atoms with Gasteiger partial charge in [-0.3, -0.25) is 19.4 Å². The van der Waals surface area contributed by atoms with Crippen LogP contribution in [0.25, 0.3) is 0 Å². The van der Waals surface area contributed by atoms with Crippen LogP contribution in [0.3, 0.4) is 0 Å². The molecule has 1 aromatic heterocycles. The Morgan fingerprint density at radius 2 is 1.95 bits per heavy atom. The Bertz CT molecular complexity index is 1570. The third kappa shape index (κ3) is 6.01. The third-order valence-electron chi connectivity index (χ3n) is 7.10. The lowest BCUT2D eigenvalue weighted by molar-refractivity contribution is -0.132. The van der Waals surface area contributed by atoms with Crippen LogP contribution in [0, 0.1) is 17.1 Å². The minimum Gasteiger partial charge on any atom is -0.351 e. The number of aromatic nitrogens is 1. The van der Waals surface area contributed by atoms with Crippen LogP contribution in [0.1, 0.15) is 36.4 Å². The van der Waals surface area contributed by atoms with Gasteiger partial charge in [0.15, 0.2) is 0 Å². The monoisotopic (exact) mass is 596 g/mol. The van der Waals surface area contributed by atoms with Gasteiger partial charge < -0.3 is 10.6 Å². The molecule has 4 amide bonds. The van der Waals surface area contributed by atoms with Crippen molar-refractivity contribution in [2.24, 2.45) is 0 Å². The Kier molecular flexibility index (Phi) is 8.04. The highest BCUT2D eigenvalue weighted by atomic mass is 35.5. The van der Waals surface area contributed by atoms with Crippen LogP contribution in [0.4, 0.5) is 29.5 Å². The van der Waals surface area contributed by atoms with Crippen molar-refractivity contribution in [3.63, 3.8) is 0 Å². The standard InChI is InChI=1S/C29H24ClF3N6O3/c30-23-7-2-1-6-22(23)26(27(41)37-19-13-29(32,33)14-19)39(20-5-3-4-18(31)11-20)25(40)12-21-16-36-28(42)38(21)24-10-17(15-34)8-9-35-24/h1-11,19,21,26H,12-14,16H2,(H,36,42)(H,37,41)/t21-,26-/m0/s1. The number of carbonyl (C=O) groups is 3. The first kappa shape index (κ1) is 28.9. The maximum absolute atomic E-state index is 14.5. The number of carbonyl (C=O) groups excluding carboxylic acids is 3. The van der Waals surface area contributed by atoms with Crippen LogP contribution in [-0.4, -0.2) is 47.4 Å². The summed E-state index contributed by atoms with van der Waals surface area (Å²) in [5.41, 5.74) is 0.469. The molecule has 0 bridgehead atoms. The van der Waals surface area contributed by atoms with Crippen LogP contribution in [0.2, 0.25) is 5.02 Å². The zero-order valence-electron chi connectivity index (χ0n) is 21.9. The maximum Gasteiger partial charge on any atom is 0.323 e. The molecular weight excluding hydrogens is 573 g/mol. The smallest absolute Gasteiger partial charge is 0.323 e. The number of hydrogen-bond donors (Lipinski definition) is 2. The molecule has 42 heavy (non-hydrogen) atoms. The molecule has 216 valence electrons. The Morgan fingerprint density at radius 1 is 1.19 bits per heavy atom. The molecular formula is C29H24ClF3N6O3. The predicted molar refractivity (Wildman–Crippen MR) is 147 cm³/mol. The van der Waals surface area contributed by atoms with Gasteiger partial charge in [0.25, 0.3) is 5.92 Å². The number of pyridine rings is 1. The minimum absolute atomic E-state index is 0.0208. The summed E-state index contributed by atoms with van der Waals surface area (Å²) in [4.78, 5) is 47.1. The minimum atomic E-state index is -2.90. The van der Waals surface area contributed by atoms with E-state index in [0.717, 1.165) is 11.0 Å². The zero-order valence-corrected chi connectivity index (χ0v) is 22.7. The highest BCUT2D eigenvalue weighted by Crippen LogP contribution is 2.39. The first-order valence-corrected chi connectivity index (χ1v) is 13.4. The number of urea groups is 1. The number of hydrogen-bond acceptors (Lipinski definition) is 5. The summed E-state index contributed by atoms with van der Waals surface area (Å²) in [7, 11) is 0. The fourth-order valence-corrected chi connectivity index (χ4v) is 5.36. The number of amides is 4. The van der Waals surface area contributed by atoms with Gasteiger partial charge in [-0.1, -0.05) is 35.9 Å². The zero-order chi connectivity index (χ0) is 30.0. The van der Waals surface area contributed by atoms with Crippen LogP contribution in [-0.2, 0) is 9.59 Å². The van der Waals surface area contributed by atoms with Gasteiger partial charge in [0, 0.05) is 54.3 Å². The summed E-state index contributed by atoms with van der Waals surface area (Å²) in [6.07, 6.45) is -0.0917. The number of alkyl halides is 2. The molecule has 5 rings (SSSR count). The second-order valence-electron chi connectivity index (χ2n) is 10.1. The Morgan fingerprint density at radius 3 is 2.64 bits per heavy atom. The van der Waals surface area contributed by atoms with Crippen molar-refractivity contribution < 1.29 is 27.6 Å². The lowest BCUT2D eigenvalue weighted by atomic mass is 9.87. The molecule has 1 aliphatic heterocycles. The molecule has 1 saturated heterocycles. The molecule has 2 heterocycles. The first-order valence-electron chi connectivity index (χ1n) is 13.0. The van der Waals surface area contributed by atoms with E-state index in [1.54, 1.807) is 12.1 Å². The van der Waals surface area contributed by atoms with E-state index in [9.17, 15) is 32.8 Å². The number of nitriles is 1. The summed E-state index contributed by atoms with van der Waals surface area (Å²) in [5, 5.41) is 14.6. The molecule has 1 aliphatic carbocycles. The van der Waals surface area contributed by atoms with Gasteiger partial charge in [0.2, 0.25) is 11.8 Å². The summed E-state index contributed by atoms with van der Waals surface area (Å²) >= 11 is 6.47. The molecule has 0 spiro atoms. The fraction of sp³-hybridized carbons (Fsp3) is 0.276. The Balaban J connectivity index is 1.53. The van der Waals surface area contributed by atoms with Crippen molar-refractivity contribution in [1.29, 1.82) is 5.26 Å². The molecule has 0 unspecified atom stereocenters. The summed E-state index contributed by atoms with van der Waals surface area (Å²) in [6.45, 7) is 0.0418. The molecule has 2 aliphatic rings. The number of benzene rings is 2. The topological polar surface area (TPSA) is 118 Å². The number of anilines is 2. The van der Waals surface area contributed by atoms with Gasteiger partial charge >= 0.3 is 6.03 Å². The van der Waals surface area contributed by atoms with E-state index in [2.05, 4.69) is 15.6 Å². The van der Waals surface area contributed by atoms with Gasteiger partial charge in [-0.25, -0.2) is 22.9 Å². The largest absolute Gasteiger partial charge is 0.351 e. The highest BCUT2D eigenvalue weighted by molar-refractivity contribution is 6.31. The van der Waals surface area contributed by atoms with Crippen LogP contribution < -0.4 is 20.4 Å². The van der Waals surface area contributed by atoms with Gasteiger partial charge in [-0.15, -0.1) is 0 Å². The van der Waals surface area contributed by atoms with E-state index < -0.39 is 60.6 Å². The van der Waals surface area contributed by atoms with Crippen molar-refractivity contribution >= 4 is 41.0 Å². The van der Waals surface area contributed by atoms with E-state index in [1.807, 2.05) is 6.07 Å². The number of rotatable bonds is 8. The van der Waals surface area contributed by atoms with E-state index >= 15 is 0 Å². The van der Waals surface area contributed by atoms with Crippen LogP contribution in [0.15, 0.2) is 66.9 Å². The quantitative estimate of drug-likeness (QED) is 0.390. The molecule has 2 atom stereocenters. The average molecular weight is 597 g/mol. The predicted octanol–water partition coefficient (Wildman–Crippen LogP) is 4.72. The lowest BCUT2D eigenvalue weighted by Crippen LogP contribution is -2.54. The third-order valence-corrected chi connectivity index (χ3v) is 7.45. The molecule has 13 heteroatoms. The highest BCUT2D eigenvalue weighted by Gasteiger charge is 2.47. The van der Waals surface area contributed by atoms with E-state index in [1.165, 1.54) is 53.6 Å². The number of nitrogens with zero attached hydrogens (tertiary/aromatic N) is 4. The molecule has 1 saturated carbocycles. The second-order valence-corrected chi connectivity index (χ2v) is 10.5. The van der Waals surface area contributed by atoms with Crippen LogP contribution in [0.5, 0.6) is 0 Å². The molecule has 2 N–H and O–H groups in total. The van der Waals surface area contributed by atoms with Crippen molar-refractivity contribution in [2.75, 3.05) is 16.3 Å². The van der Waals surface area contributed by atoms with E-state index in [0.29, 0.717) is 0 Å². The SMILES string of the molecule is N#Cc1ccnc(N2C(=O)NC[C@@H]2CC(=O)N(c2cccc(F)c2)[C@H](C(=O)NC2CC(F)(F)C2)c2ccccc2Cl)c1. The average Bonchev–Trinajstić information content (AvgIpc) is 3.30. The first-order chi connectivity index (χ1) is 20.1. The molecule has 9 nitrogen and oxygen atoms in total. The van der Waals surface area contributed by atoms with Crippen molar-refractivity contribution in [3.8, 4) is 6.07 Å². The molecule has 3 aromatic rings. The number of halogens is 4. The normalized spacial score (nSPS) is 18.4. The summed E-state index contributed by atoms with van der Waals surface area (Å²) < 4.78 is 41.6. The van der Waals surface area contributed by atoms with E-state index in [4.69, 9.17) is 11.6 Å². The van der Waals surface area contributed by atoms with Crippen molar-refractivity contribution in [1.82, 2.24) is 15.6 Å². The number of nitrogens with one attached hydrogen (secondary N) is 2. The van der Waals surface area contributed by atoms with Crippen molar-refractivity contribution in [3.05, 3.63) is 88.8 Å².